The molecule has 1 fully saturated rings. The van der Waals surface area contributed by atoms with Crippen LogP contribution in [0.4, 0.5) is 5.69 Å². The van der Waals surface area contributed by atoms with Gasteiger partial charge in [-0.25, -0.2) is 0 Å². The Balaban J connectivity index is 1.47. The average Bonchev–Trinajstić information content (AvgIpc) is 2.70. The third-order valence-corrected chi connectivity index (χ3v) is 4.70. The van der Waals surface area contributed by atoms with E-state index < -0.39 is 6.10 Å². The van der Waals surface area contributed by atoms with Gasteiger partial charge < -0.3 is 20.5 Å². The van der Waals surface area contributed by atoms with Crippen molar-refractivity contribution >= 4 is 17.5 Å². The summed E-state index contributed by atoms with van der Waals surface area (Å²) in [5.74, 6) is -0.271. The fraction of sp³-hybridized carbons (Fsp3) is 0.381. The zero-order valence-electron chi connectivity index (χ0n) is 15.6. The Morgan fingerprint density at radius 1 is 1.11 bits per heavy atom. The molecule has 0 radical (unpaired) electrons. The summed E-state index contributed by atoms with van der Waals surface area (Å²) in [6, 6.07) is 12.6. The van der Waals surface area contributed by atoms with Crippen LogP contribution in [0.25, 0.3) is 0 Å². The number of hydrogen-bond donors (Lipinski definition) is 3. The lowest BCUT2D eigenvalue weighted by atomic mass is 9.96. The van der Waals surface area contributed by atoms with Gasteiger partial charge in [-0.1, -0.05) is 24.3 Å². The minimum atomic E-state index is -0.527. The Bertz CT molecular complexity index is 770. The van der Waals surface area contributed by atoms with E-state index in [2.05, 4.69) is 15.6 Å². The van der Waals surface area contributed by atoms with Gasteiger partial charge in [-0.15, -0.1) is 0 Å². The molecule has 3 N–H and O–H groups in total. The molecule has 0 unspecified atom stereocenters. The second kappa shape index (κ2) is 9.96. The molecule has 148 valence electrons. The fourth-order valence-corrected chi connectivity index (χ4v) is 3.33. The summed E-state index contributed by atoms with van der Waals surface area (Å²) in [5, 5.41) is 15.4. The smallest absolute Gasteiger partial charge is 0.226 e. The standard InChI is InChI=1S/C21H25N3O4/c25-14-19-18(24-20(26)11-15-5-4-10-22-13-15)9-8-17(28-19)12-21(27)23-16-6-2-1-3-7-16/h1-7,10,13,17-19,25H,8-9,11-12,14H2,(H,23,27)(H,24,26)/t17-,18-,19-/m0/s1. The summed E-state index contributed by atoms with van der Waals surface area (Å²) >= 11 is 0. The molecular formula is C21H25N3O4. The predicted molar refractivity (Wildman–Crippen MR) is 105 cm³/mol. The van der Waals surface area contributed by atoms with E-state index in [1.807, 2.05) is 36.4 Å². The summed E-state index contributed by atoms with van der Waals surface area (Å²) in [6.45, 7) is -0.214. The van der Waals surface area contributed by atoms with Crippen molar-refractivity contribution < 1.29 is 19.4 Å². The number of pyridine rings is 1. The van der Waals surface area contributed by atoms with Gasteiger partial charge in [0.25, 0.3) is 0 Å². The van der Waals surface area contributed by atoms with E-state index in [9.17, 15) is 14.7 Å². The number of aliphatic hydroxyl groups excluding tert-OH is 1. The predicted octanol–water partition coefficient (Wildman–Crippen LogP) is 1.68. The first-order valence-electron chi connectivity index (χ1n) is 9.43. The van der Waals surface area contributed by atoms with Gasteiger partial charge in [0, 0.05) is 18.1 Å². The highest BCUT2D eigenvalue weighted by Crippen LogP contribution is 2.22. The van der Waals surface area contributed by atoms with Gasteiger partial charge in [0.2, 0.25) is 11.8 Å². The molecule has 7 nitrogen and oxygen atoms in total. The normalized spacial score (nSPS) is 21.7. The first kappa shape index (κ1) is 20.0. The number of benzene rings is 1. The number of rotatable bonds is 7. The number of aliphatic hydroxyl groups is 1. The summed E-state index contributed by atoms with van der Waals surface area (Å²) < 4.78 is 5.87. The summed E-state index contributed by atoms with van der Waals surface area (Å²) in [7, 11) is 0. The zero-order valence-corrected chi connectivity index (χ0v) is 15.6. The second-order valence-corrected chi connectivity index (χ2v) is 6.89. The molecule has 1 saturated heterocycles. The van der Waals surface area contributed by atoms with Crippen LogP contribution in [0.2, 0.25) is 0 Å². The molecular weight excluding hydrogens is 358 g/mol. The van der Waals surface area contributed by atoms with Crippen LogP contribution in [-0.2, 0) is 20.7 Å². The van der Waals surface area contributed by atoms with Gasteiger partial charge in [-0.05, 0) is 36.6 Å². The third kappa shape index (κ3) is 5.87. The van der Waals surface area contributed by atoms with Crippen LogP contribution < -0.4 is 10.6 Å². The Hall–Kier alpha value is -2.77. The summed E-state index contributed by atoms with van der Waals surface area (Å²) in [4.78, 5) is 28.5. The van der Waals surface area contributed by atoms with Crippen molar-refractivity contribution in [1.82, 2.24) is 10.3 Å². The van der Waals surface area contributed by atoms with Crippen LogP contribution in [0.3, 0.4) is 0 Å². The maximum atomic E-state index is 12.3. The molecule has 2 heterocycles. The van der Waals surface area contributed by atoms with Crippen molar-refractivity contribution in [2.45, 2.75) is 43.9 Å². The molecule has 1 aromatic heterocycles. The number of anilines is 1. The van der Waals surface area contributed by atoms with Gasteiger partial charge in [0.05, 0.1) is 31.6 Å². The molecule has 0 saturated carbocycles. The molecule has 1 aliphatic heterocycles. The number of amides is 2. The Morgan fingerprint density at radius 3 is 2.64 bits per heavy atom. The molecule has 3 rings (SSSR count). The minimum absolute atomic E-state index is 0.132. The lowest BCUT2D eigenvalue weighted by Crippen LogP contribution is -2.51. The van der Waals surface area contributed by atoms with E-state index in [0.717, 1.165) is 11.3 Å². The first-order chi connectivity index (χ1) is 13.6. The van der Waals surface area contributed by atoms with Crippen molar-refractivity contribution in [3.8, 4) is 0 Å². The molecule has 28 heavy (non-hydrogen) atoms. The van der Waals surface area contributed by atoms with Crippen LogP contribution in [-0.4, -0.2) is 46.8 Å². The highest BCUT2D eigenvalue weighted by Gasteiger charge is 2.32. The molecule has 1 aromatic carbocycles. The summed E-state index contributed by atoms with van der Waals surface area (Å²) in [5.41, 5.74) is 1.57. The summed E-state index contributed by atoms with van der Waals surface area (Å²) in [6.07, 6.45) is 4.22. The van der Waals surface area contributed by atoms with Crippen LogP contribution in [0.15, 0.2) is 54.9 Å². The van der Waals surface area contributed by atoms with Crippen molar-refractivity contribution in [3.05, 3.63) is 60.4 Å². The maximum absolute atomic E-state index is 12.3. The molecule has 0 aliphatic carbocycles. The Labute approximate surface area is 164 Å². The molecule has 1 aliphatic rings. The van der Waals surface area contributed by atoms with Crippen molar-refractivity contribution in [2.24, 2.45) is 0 Å². The monoisotopic (exact) mass is 383 g/mol. The van der Waals surface area contributed by atoms with E-state index in [4.69, 9.17) is 4.74 Å². The number of para-hydroxylation sites is 1. The zero-order chi connectivity index (χ0) is 19.8. The Kier molecular flexibility index (Phi) is 7.11. The quantitative estimate of drug-likeness (QED) is 0.675. The minimum Gasteiger partial charge on any atom is -0.394 e. The van der Waals surface area contributed by atoms with Gasteiger partial charge in [0.1, 0.15) is 6.10 Å². The van der Waals surface area contributed by atoms with Crippen LogP contribution in [0.5, 0.6) is 0 Å². The topological polar surface area (TPSA) is 101 Å². The molecule has 2 amide bonds. The molecule has 2 aromatic rings. The molecule has 0 spiro atoms. The second-order valence-electron chi connectivity index (χ2n) is 6.89. The van der Waals surface area contributed by atoms with Gasteiger partial charge >= 0.3 is 0 Å². The van der Waals surface area contributed by atoms with E-state index in [0.29, 0.717) is 12.8 Å². The van der Waals surface area contributed by atoms with Gasteiger partial charge in [-0.3, -0.25) is 14.6 Å². The van der Waals surface area contributed by atoms with Crippen molar-refractivity contribution in [1.29, 1.82) is 0 Å². The number of ether oxygens (including phenoxy) is 1. The number of nitrogens with one attached hydrogen (secondary N) is 2. The molecule has 3 atom stereocenters. The first-order valence-corrected chi connectivity index (χ1v) is 9.43. The van der Waals surface area contributed by atoms with Crippen molar-refractivity contribution in [2.75, 3.05) is 11.9 Å². The fourth-order valence-electron chi connectivity index (χ4n) is 3.33. The van der Waals surface area contributed by atoms with Crippen LogP contribution in [0, 0.1) is 0 Å². The Morgan fingerprint density at radius 2 is 1.93 bits per heavy atom. The van der Waals surface area contributed by atoms with Gasteiger partial charge in [0.15, 0.2) is 0 Å². The maximum Gasteiger partial charge on any atom is 0.226 e. The average molecular weight is 383 g/mol. The third-order valence-electron chi connectivity index (χ3n) is 4.70. The van der Waals surface area contributed by atoms with E-state index in [1.165, 1.54) is 0 Å². The van der Waals surface area contributed by atoms with Crippen LogP contribution >= 0.6 is 0 Å². The molecule has 7 heteroatoms. The van der Waals surface area contributed by atoms with E-state index >= 15 is 0 Å². The number of aromatic nitrogens is 1. The number of hydrogen-bond acceptors (Lipinski definition) is 5. The highest BCUT2D eigenvalue weighted by atomic mass is 16.5. The molecule has 0 bridgehead atoms. The highest BCUT2D eigenvalue weighted by molar-refractivity contribution is 5.91. The lowest BCUT2D eigenvalue weighted by Gasteiger charge is -2.36. The van der Waals surface area contributed by atoms with Crippen LogP contribution in [0.1, 0.15) is 24.8 Å². The van der Waals surface area contributed by atoms with Gasteiger partial charge in [-0.2, -0.15) is 0 Å². The van der Waals surface area contributed by atoms with E-state index in [1.54, 1.807) is 18.5 Å². The van der Waals surface area contributed by atoms with Crippen molar-refractivity contribution in [3.63, 3.8) is 0 Å². The number of nitrogens with zero attached hydrogens (tertiary/aromatic N) is 1. The lowest BCUT2D eigenvalue weighted by molar-refractivity contribution is -0.133. The largest absolute Gasteiger partial charge is 0.394 e. The number of carbonyl (C=O) groups excluding carboxylic acids is 2. The SMILES string of the molecule is O=C(C[C@@H]1CC[C@H](NC(=O)Cc2cccnc2)[C@H](CO)O1)Nc1ccccc1. The number of carbonyl (C=O) groups is 2. The van der Waals surface area contributed by atoms with E-state index in [-0.39, 0.29) is 43.4 Å².